The number of hydrogen-bond acceptors (Lipinski definition) is 5. The fourth-order valence-electron chi connectivity index (χ4n) is 4.95. The number of carboxylic acids is 1. The number of nitrogens with zero attached hydrogens (tertiary/aromatic N) is 2. The second-order valence-corrected chi connectivity index (χ2v) is 9.59. The zero-order valence-electron chi connectivity index (χ0n) is 17.2. The molecule has 2 fully saturated rings. The van der Waals surface area contributed by atoms with Crippen molar-refractivity contribution < 1.29 is 20.1 Å². The molecule has 2 unspecified atom stereocenters. The summed E-state index contributed by atoms with van der Waals surface area (Å²) in [5.74, 6) is -0.0223. The summed E-state index contributed by atoms with van der Waals surface area (Å²) in [4.78, 5) is 15.3. The molecule has 3 aliphatic rings. The fraction of sp³-hybridized carbons (Fsp3) is 0.435. The van der Waals surface area contributed by atoms with Crippen molar-refractivity contribution in [3.05, 3.63) is 52.0 Å². The molecule has 7 heteroatoms. The lowest BCUT2D eigenvalue weighted by atomic mass is 9.81. The van der Waals surface area contributed by atoms with E-state index in [1.807, 2.05) is 12.1 Å². The summed E-state index contributed by atoms with van der Waals surface area (Å²) in [7, 11) is 2.20. The lowest BCUT2D eigenvalue weighted by molar-refractivity contribution is 0.0693. The molecule has 5 rings (SSSR count). The summed E-state index contributed by atoms with van der Waals surface area (Å²) in [6, 6.07) is 9.59. The number of carboxylic acid groups (broad SMARTS) is 1. The Morgan fingerprint density at radius 1 is 1.23 bits per heavy atom. The van der Waals surface area contributed by atoms with Crippen LogP contribution in [0.3, 0.4) is 0 Å². The first kappa shape index (κ1) is 21.0. The number of likely N-dealkylation sites (N-methyl/N-ethyl adjacent to an activating group) is 1. The predicted molar refractivity (Wildman–Crippen MR) is 119 cm³/mol. The Bertz CT molecular complexity index is 978. The molecule has 0 aromatic heterocycles. The van der Waals surface area contributed by atoms with Gasteiger partial charge in [-0.15, -0.1) is 0 Å². The topological polar surface area (TPSA) is 84.2 Å². The lowest BCUT2D eigenvalue weighted by Gasteiger charge is -2.35. The van der Waals surface area contributed by atoms with Crippen molar-refractivity contribution in [1.82, 2.24) is 4.90 Å². The van der Waals surface area contributed by atoms with E-state index in [1.54, 1.807) is 12.1 Å². The molecule has 1 aliphatic carbocycles. The van der Waals surface area contributed by atoms with Crippen LogP contribution in [-0.4, -0.2) is 52.5 Å². The lowest BCUT2D eigenvalue weighted by Crippen LogP contribution is -2.47. The van der Waals surface area contributed by atoms with E-state index in [-0.39, 0.29) is 16.7 Å². The van der Waals surface area contributed by atoms with Gasteiger partial charge in [0.25, 0.3) is 0 Å². The molecule has 0 spiro atoms. The third-order valence-electron chi connectivity index (χ3n) is 6.54. The highest BCUT2D eigenvalue weighted by atomic mass is 79.9. The average molecular weight is 475 g/mol. The first-order valence-electron chi connectivity index (χ1n) is 10.2. The van der Waals surface area contributed by atoms with Gasteiger partial charge in [0, 0.05) is 30.0 Å². The van der Waals surface area contributed by atoms with Gasteiger partial charge in [0.1, 0.15) is 17.1 Å². The Morgan fingerprint density at radius 2 is 1.93 bits per heavy atom. The molecule has 2 aromatic carbocycles. The van der Waals surface area contributed by atoms with Crippen molar-refractivity contribution in [3.8, 4) is 11.5 Å². The van der Waals surface area contributed by atoms with Crippen molar-refractivity contribution in [2.45, 2.75) is 37.8 Å². The van der Waals surface area contributed by atoms with E-state index < -0.39 is 5.97 Å². The predicted octanol–water partition coefficient (Wildman–Crippen LogP) is 4.39. The molecular formula is C23H27BrN2O4. The van der Waals surface area contributed by atoms with Gasteiger partial charge in [-0.1, -0.05) is 19.1 Å². The number of benzene rings is 2. The van der Waals surface area contributed by atoms with E-state index in [9.17, 15) is 9.90 Å². The molecule has 2 atom stereocenters. The first-order chi connectivity index (χ1) is 14.2. The molecule has 6 nitrogen and oxygen atoms in total. The number of fused-ring (bicyclic) bond motifs is 3. The van der Waals surface area contributed by atoms with Gasteiger partial charge in [-0.25, -0.2) is 4.79 Å². The Labute approximate surface area is 184 Å². The minimum atomic E-state index is -1.11. The normalized spacial score (nSPS) is 24.8. The number of hydrogen-bond donors (Lipinski definition) is 3. The Balaban J connectivity index is 0.000000185. The summed E-state index contributed by atoms with van der Waals surface area (Å²) in [5, 5.41) is 27.3. The second-order valence-electron chi connectivity index (χ2n) is 8.74. The number of phenols is 2. The second kappa shape index (κ2) is 7.78. The maximum absolute atomic E-state index is 10.3. The van der Waals surface area contributed by atoms with Crippen LogP contribution in [0.15, 0.2) is 40.9 Å². The van der Waals surface area contributed by atoms with Crippen molar-refractivity contribution in [2.24, 2.45) is 5.92 Å². The van der Waals surface area contributed by atoms with Gasteiger partial charge < -0.3 is 20.2 Å². The Morgan fingerprint density at radius 3 is 2.53 bits per heavy atom. The molecule has 1 saturated heterocycles. The maximum Gasteiger partial charge on any atom is 0.339 e. The van der Waals surface area contributed by atoms with Crippen LogP contribution < -0.4 is 4.90 Å². The van der Waals surface area contributed by atoms with E-state index in [0.29, 0.717) is 11.9 Å². The third-order valence-corrected chi connectivity index (χ3v) is 7.15. The molecule has 2 heterocycles. The summed E-state index contributed by atoms with van der Waals surface area (Å²) in [5.41, 5.74) is 2.63. The van der Waals surface area contributed by atoms with E-state index in [0.717, 1.165) is 10.4 Å². The number of rotatable bonds is 3. The minimum absolute atomic E-state index is 0.0671. The Kier molecular flexibility index (Phi) is 5.45. The molecule has 160 valence electrons. The molecular weight excluding hydrogens is 448 g/mol. The number of carbonyl (C=O) groups is 1. The van der Waals surface area contributed by atoms with Crippen LogP contribution in [0, 0.1) is 5.92 Å². The monoisotopic (exact) mass is 474 g/mol. The molecule has 0 amide bonds. The molecule has 2 aliphatic heterocycles. The van der Waals surface area contributed by atoms with E-state index in [2.05, 4.69) is 39.7 Å². The number of aromatic hydroxyl groups is 2. The molecule has 0 radical (unpaired) electrons. The van der Waals surface area contributed by atoms with Gasteiger partial charge in [0.05, 0.1) is 11.9 Å². The minimum Gasteiger partial charge on any atom is -0.508 e. The first-order valence-corrected chi connectivity index (χ1v) is 11.0. The summed E-state index contributed by atoms with van der Waals surface area (Å²) in [6.45, 7) is 4.77. The van der Waals surface area contributed by atoms with E-state index in [4.69, 9.17) is 10.2 Å². The molecule has 1 saturated carbocycles. The van der Waals surface area contributed by atoms with Gasteiger partial charge in [-0.3, -0.25) is 4.90 Å². The van der Waals surface area contributed by atoms with Gasteiger partial charge in [-0.2, -0.15) is 0 Å². The van der Waals surface area contributed by atoms with Crippen LogP contribution >= 0.6 is 15.9 Å². The molecule has 30 heavy (non-hydrogen) atoms. The zero-order chi connectivity index (χ0) is 21.6. The van der Waals surface area contributed by atoms with Crippen LogP contribution in [-0.2, 0) is 5.41 Å². The molecule has 0 bridgehead atoms. The van der Waals surface area contributed by atoms with Crippen molar-refractivity contribution in [2.75, 3.05) is 25.0 Å². The van der Waals surface area contributed by atoms with Crippen molar-refractivity contribution in [3.63, 3.8) is 0 Å². The number of para-hydroxylation sites is 1. The van der Waals surface area contributed by atoms with E-state index in [1.165, 1.54) is 55.7 Å². The van der Waals surface area contributed by atoms with Crippen LogP contribution in [0.25, 0.3) is 0 Å². The van der Waals surface area contributed by atoms with Crippen LogP contribution in [0.1, 0.15) is 42.1 Å². The zero-order valence-corrected chi connectivity index (χ0v) is 18.8. The standard InChI is InChI=1S/C16H21BrN2O.C7H6O3/c1-16-5-6-19(9-10-3-4-10)15(16)18(2)14-12(16)7-11(20)8-13(14)17;8-6-4-2-1-3-5(6)7(9)10/h7-8,10,15,20H,3-6,9H2,1-2H3;1-4,8H,(H,9,10). The largest absolute Gasteiger partial charge is 0.508 e. The summed E-state index contributed by atoms with van der Waals surface area (Å²) in [6.07, 6.45) is 4.43. The SMILES string of the molecule is CN1c2c(Br)cc(O)cc2C2(C)CCN(CC3CC3)C12.O=C(O)c1ccccc1O. The average Bonchev–Trinajstić information content (AvgIpc) is 3.39. The summed E-state index contributed by atoms with van der Waals surface area (Å²) >= 11 is 3.63. The van der Waals surface area contributed by atoms with Crippen molar-refractivity contribution in [1.29, 1.82) is 0 Å². The highest BCUT2D eigenvalue weighted by Gasteiger charge is 2.54. The fourth-order valence-corrected chi connectivity index (χ4v) is 5.68. The van der Waals surface area contributed by atoms with Crippen molar-refractivity contribution >= 4 is 27.6 Å². The quantitative estimate of drug-likeness (QED) is 0.611. The number of likely N-dealkylation sites (tertiary alicyclic amines) is 1. The molecule has 3 N–H and O–H groups in total. The number of anilines is 1. The van der Waals surface area contributed by atoms with Gasteiger partial charge in [0.15, 0.2) is 0 Å². The molecule has 2 aromatic rings. The van der Waals surface area contributed by atoms with Gasteiger partial charge in [0.2, 0.25) is 0 Å². The Hall–Kier alpha value is -2.25. The van der Waals surface area contributed by atoms with Gasteiger partial charge >= 0.3 is 5.97 Å². The van der Waals surface area contributed by atoms with Gasteiger partial charge in [-0.05, 0) is 70.9 Å². The smallest absolute Gasteiger partial charge is 0.339 e. The number of phenolic OH excluding ortho intramolecular Hbond substituents is 1. The number of aromatic carboxylic acids is 1. The van der Waals surface area contributed by atoms with Crippen LogP contribution in [0.4, 0.5) is 5.69 Å². The highest BCUT2D eigenvalue weighted by molar-refractivity contribution is 9.10. The van der Waals surface area contributed by atoms with Crippen LogP contribution in [0.2, 0.25) is 0 Å². The summed E-state index contributed by atoms with van der Waals surface area (Å²) < 4.78 is 1.01. The van der Waals surface area contributed by atoms with E-state index >= 15 is 0 Å². The third kappa shape index (κ3) is 3.65. The number of halogens is 1. The maximum atomic E-state index is 10.3. The highest BCUT2D eigenvalue weighted by Crippen LogP contribution is 2.55. The van der Waals surface area contributed by atoms with Crippen LogP contribution in [0.5, 0.6) is 11.5 Å².